The number of hydrogen-bond acceptors (Lipinski definition) is 3. The fourth-order valence-electron chi connectivity index (χ4n) is 4.11. The molecule has 0 spiro atoms. The average molecular weight is 364 g/mol. The second kappa shape index (κ2) is 6.64. The normalized spacial score (nSPS) is 12.4. The molecule has 28 heavy (non-hydrogen) atoms. The van der Waals surface area contributed by atoms with Gasteiger partial charge in [-0.25, -0.2) is 0 Å². The minimum atomic E-state index is -0.0700. The van der Waals surface area contributed by atoms with Crippen LogP contribution in [-0.4, -0.2) is 14.1 Å². The van der Waals surface area contributed by atoms with E-state index in [0.717, 1.165) is 22.6 Å². The zero-order chi connectivity index (χ0) is 19.1. The van der Waals surface area contributed by atoms with Crippen molar-refractivity contribution in [3.05, 3.63) is 84.4 Å². The molecule has 0 saturated carbocycles. The third kappa shape index (κ3) is 2.69. The number of nitrogens with one attached hydrogen (secondary N) is 2. The molecular formula is C24H21BN2O. The van der Waals surface area contributed by atoms with Gasteiger partial charge in [0.2, 0.25) is 0 Å². The van der Waals surface area contributed by atoms with Gasteiger partial charge in [0.15, 0.2) is 0 Å². The molecule has 0 amide bonds. The van der Waals surface area contributed by atoms with Crippen molar-refractivity contribution < 1.29 is 4.74 Å². The Kier molecular flexibility index (Phi) is 3.98. The summed E-state index contributed by atoms with van der Waals surface area (Å²) < 4.78 is 5.70. The van der Waals surface area contributed by atoms with E-state index >= 15 is 0 Å². The van der Waals surface area contributed by atoms with Crippen molar-refractivity contribution in [3.8, 4) is 16.9 Å². The zero-order valence-electron chi connectivity index (χ0n) is 16.0. The third-order valence-corrected chi connectivity index (χ3v) is 5.50. The molecule has 4 aromatic rings. The van der Waals surface area contributed by atoms with Crippen LogP contribution in [0.15, 0.2) is 78.9 Å². The minimum Gasteiger partial charge on any atom is -0.497 e. The molecule has 5 rings (SSSR count). The third-order valence-electron chi connectivity index (χ3n) is 5.50. The van der Waals surface area contributed by atoms with Gasteiger partial charge in [-0.1, -0.05) is 60.7 Å². The van der Waals surface area contributed by atoms with Gasteiger partial charge in [-0.15, -0.1) is 0 Å². The molecule has 0 aliphatic carbocycles. The molecule has 4 heteroatoms. The Morgan fingerprint density at radius 3 is 2.18 bits per heavy atom. The molecule has 0 aromatic heterocycles. The van der Waals surface area contributed by atoms with Crippen LogP contribution in [0.3, 0.4) is 0 Å². The van der Waals surface area contributed by atoms with Crippen molar-refractivity contribution in [2.24, 2.45) is 0 Å². The van der Waals surface area contributed by atoms with Crippen molar-refractivity contribution in [2.45, 2.75) is 6.92 Å². The fraction of sp³-hybridized carbons (Fsp3) is 0.0833. The van der Waals surface area contributed by atoms with Crippen LogP contribution in [0, 0.1) is 6.92 Å². The van der Waals surface area contributed by atoms with E-state index in [-0.39, 0.29) is 6.98 Å². The highest BCUT2D eigenvalue weighted by molar-refractivity contribution is 6.81. The lowest BCUT2D eigenvalue weighted by Crippen LogP contribution is -2.48. The Bertz CT molecular complexity index is 1150. The van der Waals surface area contributed by atoms with Gasteiger partial charge in [-0.2, -0.15) is 0 Å². The van der Waals surface area contributed by atoms with E-state index in [4.69, 9.17) is 4.74 Å². The molecule has 2 N–H and O–H groups in total. The number of ether oxygens (including phenoxy) is 1. The lowest BCUT2D eigenvalue weighted by atomic mass is 9.65. The number of rotatable bonds is 3. The first-order valence-corrected chi connectivity index (χ1v) is 9.53. The molecule has 136 valence electrons. The van der Waals surface area contributed by atoms with Gasteiger partial charge >= 0.3 is 6.98 Å². The monoisotopic (exact) mass is 364 g/mol. The highest BCUT2D eigenvalue weighted by atomic mass is 16.5. The lowest BCUT2D eigenvalue weighted by molar-refractivity contribution is 0.418. The number of aryl methyl sites for hydroxylation is 1. The number of anilines is 2. The standard InChI is InChI=1S/C24H21BN2O/c1-16-7-3-4-10-19(16)18-13-14-23(28-2)20(15-18)25-26-21-11-5-8-17-9-6-12-22(27-25)24(17)21/h3-15,26-27H,1-2H3. The smallest absolute Gasteiger partial charge is 0.409 e. The Morgan fingerprint density at radius 1 is 0.786 bits per heavy atom. The van der Waals surface area contributed by atoms with Crippen molar-refractivity contribution in [2.75, 3.05) is 17.6 Å². The summed E-state index contributed by atoms with van der Waals surface area (Å²) in [6, 6.07) is 27.6. The number of methoxy groups -OCH3 is 1. The molecule has 1 heterocycles. The molecule has 4 aromatic carbocycles. The van der Waals surface area contributed by atoms with E-state index in [1.54, 1.807) is 7.11 Å². The first kappa shape index (κ1) is 16.8. The average Bonchev–Trinajstić information content (AvgIpc) is 2.74. The lowest BCUT2D eigenvalue weighted by Gasteiger charge is -2.28. The summed E-state index contributed by atoms with van der Waals surface area (Å²) in [7, 11) is 1.73. The van der Waals surface area contributed by atoms with E-state index in [9.17, 15) is 0 Å². The van der Waals surface area contributed by atoms with E-state index in [0.29, 0.717) is 0 Å². The summed E-state index contributed by atoms with van der Waals surface area (Å²) in [6.07, 6.45) is 0. The highest BCUT2D eigenvalue weighted by Gasteiger charge is 2.28. The maximum atomic E-state index is 5.70. The van der Waals surface area contributed by atoms with Gasteiger partial charge in [0, 0.05) is 22.2 Å². The molecule has 0 saturated heterocycles. The summed E-state index contributed by atoms with van der Waals surface area (Å²) in [6.45, 7) is 2.08. The molecule has 0 radical (unpaired) electrons. The van der Waals surface area contributed by atoms with E-state index in [1.165, 1.54) is 27.5 Å². The van der Waals surface area contributed by atoms with Crippen LogP contribution >= 0.6 is 0 Å². The first-order valence-electron chi connectivity index (χ1n) is 9.53. The van der Waals surface area contributed by atoms with Crippen LogP contribution in [-0.2, 0) is 0 Å². The van der Waals surface area contributed by atoms with Gasteiger partial charge in [-0.05, 0) is 47.2 Å². The molecule has 0 atom stereocenters. The maximum Gasteiger partial charge on any atom is 0.409 e. The van der Waals surface area contributed by atoms with Gasteiger partial charge in [-0.3, -0.25) is 0 Å². The van der Waals surface area contributed by atoms with Crippen molar-refractivity contribution in [1.29, 1.82) is 0 Å². The molecule has 0 bridgehead atoms. The van der Waals surface area contributed by atoms with Crippen LogP contribution in [0.2, 0.25) is 0 Å². The summed E-state index contributed by atoms with van der Waals surface area (Å²) >= 11 is 0. The molecular weight excluding hydrogens is 343 g/mol. The molecule has 1 aliphatic rings. The largest absolute Gasteiger partial charge is 0.497 e. The quantitative estimate of drug-likeness (QED) is 0.499. The number of benzene rings is 4. The van der Waals surface area contributed by atoms with E-state index in [1.807, 2.05) is 0 Å². The molecule has 1 aliphatic heterocycles. The van der Waals surface area contributed by atoms with Crippen molar-refractivity contribution in [1.82, 2.24) is 0 Å². The van der Waals surface area contributed by atoms with Gasteiger partial charge in [0.25, 0.3) is 0 Å². The maximum absolute atomic E-state index is 5.70. The van der Waals surface area contributed by atoms with Gasteiger partial charge < -0.3 is 15.2 Å². The van der Waals surface area contributed by atoms with Crippen LogP contribution in [0.5, 0.6) is 5.75 Å². The summed E-state index contributed by atoms with van der Waals surface area (Å²) in [5.41, 5.74) is 7.06. The first-order chi connectivity index (χ1) is 13.7. The molecule has 0 unspecified atom stereocenters. The van der Waals surface area contributed by atoms with Crippen LogP contribution in [0.1, 0.15) is 5.56 Å². The van der Waals surface area contributed by atoms with Crippen LogP contribution in [0.25, 0.3) is 21.9 Å². The molecule has 3 nitrogen and oxygen atoms in total. The minimum absolute atomic E-state index is 0.0700. The predicted molar refractivity (Wildman–Crippen MR) is 120 cm³/mol. The van der Waals surface area contributed by atoms with Crippen LogP contribution in [0.4, 0.5) is 11.4 Å². The Balaban J connectivity index is 1.61. The summed E-state index contributed by atoms with van der Waals surface area (Å²) in [4.78, 5) is 0. The Morgan fingerprint density at radius 2 is 1.50 bits per heavy atom. The van der Waals surface area contributed by atoms with E-state index < -0.39 is 0 Å². The van der Waals surface area contributed by atoms with Gasteiger partial charge in [0.05, 0.1) is 7.11 Å². The second-order valence-electron chi connectivity index (χ2n) is 7.20. The van der Waals surface area contributed by atoms with Crippen LogP contribution < -0.4 is 20.7 Å². The Hall–Kier alpha value is -3.40. The zero-order valence-corrected chi connectivity index (χ0v) is 16.0. The topological polar surface area (TPSA) is 33.3 Å². The van der Waals surface area contributed by atoms with Crippen molar-refractivity contribution >= 4 is 34.6 Å². The molecule has 0 fully saturated rings. The summed E-state index contributed by atoms with van der Waals surface area (Å²) in [5.74, 6) is 0.869. The summed E-state index contributed by atoms with van der Waals surface area (Å²) in [5, 5.41) is 9.77. The highest BCUT2D eigenvalue weighted by Crippen LogP contribution is 2.34. The predicted octanol–water partition coefficient (Wildman–Crippen LogP) is 5.06. The van der Waals surface area contributed by atoms with Gasteiger partial charge in [0.1, 0.15) is 5.75 Å². The number of hydrogen-bond donors (Lipinski definition) is 2. The van der Waals surface area contributed by atoms with E-state index in [2.05, 4.69) is 96.2 Å². The second-order valence-corrected chi connectivity index (χ2v) is 7.20. The van der Waals surface area contributed by atoms with Crippen molar-refractivity contribution in [3.63, 3.8) is 0 Å². The SMILES string of the molecule is COc1ccc(-c2ccccc2C)cc1B1Nc2cccc3cccc(c23)N1. The fourth-order valence-corrected chi connectivity index (χ4v) is 4.11. The Labute approximate surface area is 165 Å².